The average Bonchev–Trinajstić information content (AvgIpc) is 2.70. The zero-order valence-corrected chi connectivity index (χ0v) is 15.6. The van der Waals surface area contributed by atoms with Crippen LogP contribution in [0.15, 0.2) is 36.5 Å². The standard InChI is InChI=1S/C20H26N4O3/c1-21-19(25)14-24(20(26)27)11-8-15-6-9-23(10-7-15)17-12-16-4-2-3-5-18(16)22-13-17/h2-5,12-13,15H,6-11,14H2,1H3,(H,21,25)(H,26,27). The Hall–Kier alpha value is -2.83. The highest BCUT2D eigenvalue weighted by Crippen LogP contribution is 2.27. The second kappa shape index (κ2) is 8.70. The number of nitrogens with zero attached hydrogens (tertiary/aromatic N) is 3. The van der Waals surface area contributed by atoms with Crippen molar-refractivity contribution in [3.05, 3.63) is 36.5 Å². The lowest BCUT2D eigenvalue weighted by Crippen LogP contribution is -2.41. The molecule has 7 heteroatoms. The summed E-state index contributed by atoms with van der Waals surface area (Å²) in [4.78, 5) is 30.8. The van der Waals surface area contributed by atoms with Gasteiger partial charge in [-0.3, -0.25) is 14.7 Å². The number of aromatic nitrogens is 1. The predicted octanol–water partition coefficient (Wildman–Crippen LogP) is 2.57. The molecule has 27 heavy (non-hydrogen) atoms. The second-order valence-electron chi connectivity index (χ2n) is 6.98. The molecule has 2 N–H and O–H groups in total. The summed E-state index contributed by atoms with van der Waals surface area (Å²) in [5, 5.41) is 12.9. The zero-order valence-electron chi connectivity index (χ0n) is 15.6. The highest BCUT2D eigenvalue weighted by molar-refractivity contribution is 5.82. The number of piperidine rings is 1. The first-order chi connectivity index (χ1) is 13.1. The van der Waals surface area contributed by atoms with Crippen LogP contribution in [-0.2, 0) is 4.79 Å². The fourth-order valence-corrected chi connectivity index (χ4v) is 3.55. The number of anilines is 1. The number of carbonyl (C=O) groups is 2. The molecular weight excluding hydrogens is 344 g/mol. The van der Waals surface area contributed by atoms with Crippen LogP contribution in [-0.4, -0.2) is 60.2 Å². The van der Waals surface area contributed by atoms with Crippen molar-refractivity contribution in [2.75, 3.05) is 38.1 Å². The summed E-state index contributed by atoms with van der Waals surface area (Å²) in [5.74, 6) is 0.192. The highest BCUT2D eigenvalue weighted by Gasteiger charge is 2.22. The van der Waals surface area contributed by atoms with Crippen molar-refractivity contribution < 1.29 is 14.7 Å². The van der Waals surface area contributed by atoms with E-state index in [1.165, 1.54) is 11.9 Å². The Morgan fingerprint density at radius 3 is 2.74 bits per heavy atom. The van der Waals surface area contributed by atoms with Gasteiger partial charge in [-0.15, -0.1) is 0 Å². The molecule has 3 rings (SSSR count). The average molecular weight is 370 g/mol. The summed E-state index contributed by atoms with van der Waals surface area (Å²) in [6, 6.07) is 10.3. The van der Waals surface area contributed by atoms with Crippen molar-refractivity contribution in [1.82, 2.24) is 15.2 Å². The first-order valence-electron chi connectivity index (χ1n) is 9.35. The molecule has 0 atom stereocenters. The van der Waals surface area contributed by atoms with Crippen molar-refractivity contribution in [2.24, 2.45) is 5.92 Å². The maximum Gasteiger partial charge on any atom is 0.407 e. The summed E-state index contributed by atoms with van der Waals surface area (Å²) in [5.41, 5.74) is 2.14. The zero-order chi connectivity index (χ0) is 19.2. The van der Waals surface area contributed by atoms with Gasteiger partial charge in [-0.1, -0.05) is 18.2 Å². The summed E-state index contributed by atoms with van der Waals surface area (Å²) < 4.78 is 0. The van der Waals surface area contributed by atoms with E-state index >= 15 is 0 Å². The smallest absolute Gasteiger partial charge is 0.407 e. The van der Waals surface area contributed by atoms with Crippen LogP contribution in [0.1, 0.15) is 19.3 Å². The van der Waals surface area contributed by atoms with Gasteiger partial charge >= 0.3 is 6.09 Å². The lowest BCUT2D eigenvalue weighted by Gasteiger charge is -2.34. The molecule has 1 aromatic heterocycles. The minimum absolute atomic E-state index is 0.104. The Morgan fingerprint density at radius 2 is 2.04 bits per heavy atom. The normalized spacial score (nSPS) is 14.9. The summed E-state index contributed by atoms with van der Waals surface area (Å²) >= 11 is 0. The van der Waals surface area contributed by atoms with Crippen LogP contribution in [0.3, 0.4) is 0 Å². The second-order valence-corrected chi connectivity index (χ2v) is 6.98. The molecule has 0 spiro atoms. The first-order valence-corrected chi connectivity index (χ1v) is 9.35. The quantitative estimate of drug-likeness (QED) is 0.816. The topological polar surface area (TPSA) is 85.8 Å². The largest absolute Gasteiger partial charge is 0.465 e. The molecule has 1 aromatic carbocycles. The van der Waals surface area contributed by atoms with Gasteiger partial charge in [0.2, 0.25) is 5.91 Å². The van der Waals surface area contributed by atoms with Crippen molar-refractivity contribution in [3.63, 3.8) is 0 Å². The Balaban J connectivity index is 1.52. The Bertz CT molecular complexity index is 803. The summed E-state index contributed by atoms with van der Waals surface area (Å²) in [6.07, 6.45) is 3.70. The SMILES string of the molecule is CNC(=O)CN(CCC1CCN(c2cnc3ccccc3c2)CC1)C(=O)O. The van der Waals surface area contributed by atoms with Gasteiger partial charge in [0.25, 0.3) is 0 Å². The lowest BCUT2D eigenvalue weighted by atomic mass is 9.93. The number of benzene rings is 1. The van der Waals surface area contributed by atoms with E-state index in [9.17, 15) is 14.7 Å². The molecule has 0 unspecified atom stereocenters. The van der Waals surface area contributed by atoms with Crippen molar-refractivity contribution in [2.45, 2.75) is 19.3 Å². The Morgan fingerprint density at radius 1 is 1.30 bits per heavy atom. The number of pyridine rings is 1. The minimum Gasteiger partial charge on any atom is -0.465 e. The van der Waals surface area contributed by atoms with Gasteiger partial charge in [0.15, 0.2) is 0 Å². The number of nitrogens with one attached hydrogen (secondary N) is 1. The Kier molecular flexibility index (Phi) is 6.11. The molecular formula is C20H26N4O3. The molecule has 1 aliphatic heterocycles. The lowest BCUT2D eigenvalue weighted by molar-refractivity contribution is -0.121. The van der Waals surface area contributed by atoms with E-state index in [4.69, 9.17) is 0 Å². The van der Waals surface area contributed by atoms with E-state index in [1.54, 1.807) is 0 Å². The van der Waals surface area contributed by atoms with Crippen molar-refractivity contribution in [3.8, 4) is 0 Å². The Labute approximate surface area is 159 Å². The molecule has 0 radical (unpaired) electrons. The predicted molar refractivity (Wildman–Crippen MR) is 105 cm³/mol. The number of fused-ring (bicyclic) bond motifs is 1. The molecule has 2 heterocycles. The minimum atomic E-state index is -1.04. The molecule has 1 saturated heterocycles. The fourth-order valence-electron chi connectivity index (χ4n) is 3.55. The van der Waals surface area contributed by atoms with Crippen LogP contribution in [0, 0.1) is 5.92 Å². The molecule has 7 nitrogen and oxygen atoms in total. The third-order valence-electron chi connectivity index (χ3n) is 5.25. The first kappa shape index (κ1) is 18.9. The number of likely N-dealkylation sites (N-methyl/N-ethyl adjacent to an activating group) is 1. The number of amides is 2. The molecule has 0 aliphatic carbocycles. The maximum atomic E-state index is 11.4. The molecule has 144 valence electrons. The highest BCUT2D eigenvalue weighted by atomic mass is 16.4. The van der Waals surface area contributed by atoms with Crippen LogP contribution >= 0.6 is 0 Å². The molecule has 2 aromatic rings. The van der Waals surface area contributed by atoms with E-state index in [2.05, 4.69) is 27.3 Å². The molecule has 0 saturated carbocycles. The van der Waals surface area contributed by atoms with E-state index in [0.717, 1.165) is 48.9 Å². The van der Waals surface area contributed by atoms with E-state index in [0.29, 0.717) is 12.5 Å². The van der Waals surface area contributed by atoms with Gasteiger partial charge in [-0.05, 0) is 37.3 Å². The number of rotatable bonds is 6. The third-order valence-corrected chi connectivity index (χ3v) is 5.25. The van der Waals surface area contributed by atoms with Crippen LogP contribution in [0.25, 0.3) is 10.9 Å². The maximum absolute atomic E-state index is 11.4. The number of hydrogen-bond acceptors (Lipinski definition) is 4. The van der Waals surface area contributed by atoms with Crippen LogP contribution in [0.5, 0.6) is 0 Å². The van der Waals surface area contributed by atoms with Crippen molar-refractivity contribution >= 4 is 28.6 Å². The van der Waals surface area contributed by atoms with Gasteiger partial charge in [0.1, 0.15) is 6.54 Å². The summed E-state index contributed by atoms with van der Waals surface area (Å²) in [7, 11) is 1.51. The fraction of sp³-hybridized carbons (Fsp3) is 0.450. The molecule has 1 fully saturated rings. The number of para-hydroxylation sites is 1. The van der Waals surface area contributed by atoms with Gasteiger partial charge in [0.05, 0.1) is 17.4 Å². The van der Waals surface area contributed by atoms with E-state index in [1.807, 2.05) is 24.4 Å². The monoisotopic (exact) mass is 370 g/mol. The van der Waals surface area contributed by atoms with Crippen LogP contribution in [0.4, 0.5) is 10.5 Å². The number of hydrogen-bond donors (Lipinski definition) is 2. The van der Waals surface area contributed by atoms with E-state index < -0.39 is 6.09 Å². The van der Waals surface area contributed by atoms with E-state index in [-0.39, 0.29) is 12.5 Å². The van der Waals surface area contributed by atoms with Gasteiger partial charge in [-0.25, -0.2) is 4.79 Å². The number of carboxylic acid groups (broad SMARTS) is 1. The molecule has 2 amide bonds. The molecule has 1 aliphatic rings. The van der Waals surface area contributed by atoms with Crippen LogP contribution < -0.4 is 10.2 Å². The number of carbonyl (C=O) groups excluding carboxylic acids is 1. The van der Waals surface area contributed by atoms with Gasteiger partial charge in [0, 0.05) is 32.1 Å². The third kappa shape index (κ3) is 4.87. The van der Waals surface area contributed by atoms with Gasteiger partial charge in [-0.2, -0.15) is 0 Å². The summed E-state index contributed by atoms with van der Waals surface area (Å²) in [6.45, 7) is 2.17. The van der Waals surface area contributed by atoms with Crippen molar-refractivity contribution in [1.29, 1.82) is 0 Å². The molecule has 0 bridgehead atoms. The van der Waals surface area contributed by atoms with Gasteiger partial charge < -0.3 is 15.3 Å². The van der Waals surface area contributed by atoms with Crippen LogP contribution in [0.2, 0.25) is 0 Å².